The first kappa shape index (κ1) is 12.4. The van der Waals surface area contributed by atoms with Crippen LogP contribution in [0.5, 0.6) is 0 Å². The highest BCUT2D eigenvalue weighted by molar-refractivity contribution is 5.80. The van der Waals surface area contributed by atoms with Gasteiger partial charge in [-0.15, -0.1) is 0 Å². The molecule has 2 nitrogen and oxygen atoms in total. The van der Waals surface area contributed by atoms with Crippen LogP contribution in [0.2, 0.25) is 0 Å². The van der Waals surface area contributed by atoms with Gasteiger partial charge in [0.25, 0.3) is 0 Å². The summed E-state index contributed by atoms with van der Waals surface area (Å²) < 4.78 is 0. The van der Waals surface area contributed by atoms with Crippen LogP contribution in [0.1, 0.15) is 22.3 Å². The molecule has 2 aromatic carbocycles. The minimum Gasteiger partial charge on any atom is -0.396 e. The Morgan fingerprint density at radius 1 is 0.842 bits per heavy atom. The Morgan fingerprint density at radius 2 is 1.53 bits per heavy atom. The van der Waals surface area contributed by atoms with Crippen molar-refractivity contribution in [2.24, 2.45) is 0 Å². The summed E-state index contributed by atoms with van der Waals surface area (Å²) >= 11 is 0. The van der Waals surface area contributed by atoms with Crippen molar-refractivity contribution >= 4 is 0 Å². The highest BCUT2D eigenvalue weighted by Crippen LogP contribution is 2.40. The molecule has 2 heteroatoms. The van der Waals surface area contributed by atoms with Crippen molar-refractivity contribution in [1.29, 1.82) is 0 Å². The largest absolute Gasteiger partial charge is 0.396 e. The Labute approximate surface area is 113 Å². The van der Waals surface area contributed by atoms with E-state index in [1.54, 1.807) is 0 Å². The van der Waals surface area contributed by atoms with Crippen LogP contribution in [0.25, 0.3) is 11.1 Å². The van der Waals surface area contributed by atoms with E-state index in [0.717, 1.165) is 6.42 Å². The maximum absolute atomic E-state index is 9.23. The molecule has 0 bridgehead atoms. The van der Waals surface area contributed by atoms with Gasteiger partial charge in [0, 0.05) is 13.2 Å². The number of hydrogen-bond acceptors (Lipinski definition) is 2. The third-order valence-corrected chi connectivity index (χ3v) is 3.91. The zero-order valence-electron chi connectivity index (χ0n) is 10.9. The van der Waals surface area contributed by atoms with E-state index in [0.29, 0.717) is 12.8 Å². The Hall–Kier alpha value is -1.64. The number of fused-ring (bicyclic) bond motifs is 3. The summed E-state index contributed by atoms with van der Waals surface area (Å²) in [5.41, 5.74) is 7.71. The Balaban J connectivity index is 2.18. The van der Waals surface area contributed by atoms with E-state index in [-0.39, 0.29) is 13.2 Å². The van der Waals surface area contributed by atoms with Crippen LogP contribution in [-0.4, -0.2) is 23.4 Å². The average molecular weight is 254 g/mol. The van der Waals surface area contributed by atoms with E-state index in [4.69, 9.17) is 0 Å². The van der Waals surface area contributed by atoms with Crippen molar-refractivity contribution in [1.82, 2.24) is 0 Å². The normalized spacial score (nSPS) is 12.3. The van der Waals surface area contributed by atoms with Crippen LogP contribution in [0.15, 0.2) is 36.4 Å². The van der Waals surface area contributed by atoms with Crippen LogP contribution in [-0.2, 0) is 19.3 Å². The first-order chi connectivity index (χ1) is 9.35. The molecule has 98 valence electrons. The molecule has 0 saturated carbocycles. The zero-order chi connectivity index (χ0) is 13.2. The molecule has 2 N–H and O–H groups in total. The monoisotopic (exact) mass is 254 g/mol. The van der Waals surface area contributed by atoms with Gasteiger partial charge in [0.2, 0.25) is 0 Å². The molecule has 0 amide bonds. The minimum atomic E-state index is 0.175. The molecule has 0 atom stereocenters. The number of aliphatic hydroxyl groups is 2. The molecule has 0 aromatic heterocycles. The Kier molecular flexibility index (Phi) is 3.36. The second-order valence-electron chi connectivity index (χ2n) is 5.02. The van der Waals surface area contributed by atoms with E-state index >= 15 is 0 Å². The minimum absolute atomic E-state index is 0.175. The molecular formula is C17H18O2. The van der Waals surface area contributed by atoms with Gasteiger partial charge in [0.15, 0.2) is 0 Å². The molecule has 0 heterocycles. The Bertz CT molecular complexity index is 602. The van der Waals surface area contributed by atoms with Gasteiger partial charge in [-0.05, 0) is 52.6 Å². The van der Waals surface area contributed by atoms with Crippen molar-refractivity contribution in [2.45, 2.75) is 19.3 Å². The quantitative estimate of drug-likeness (QED) is 0.750. The van der Waals surface area contributed by atoms with Gasteiger partial charge in [0.05, 0.1) is 0 Å². The smallest absolute Gasteiger partial charge is 0.0471 e. The lowest BCUT2D eigenvalue weighted by Gasteiger charge is -2.12. The number of benzene rings is 2. The second kappa shape index (κ2) is 5.16. The fourth-order valence-corrected chi connectivity index (χ4v) is 3.07. The van der Waals surface area contributed by atoms with Crippen LogP contribution < -0.4 is 0 Å². The average Bonchev–Trinajstić information content (AvgIpc) is 2.82. The summed E-state index contributed by atoms with van der Waals surface area (Å²) in [6.45, 7) is 0.357. The SMILES string of the molecule is OCCc1ccc(CCO)c2c1Cc1ccccc1-2. The summed E-state index contributed by atoms with van der Waals surface area (Å²) in [4.78, 5) is 0. The molecule has 2 aromatic rings. The predicted molar refractivity (Wildman–Crippen MR) is 76.3 cm³/mol. The summed E-state index contributed by atoms with van der Waals surface area (Å²) in [6, 6.07) is 12.7. The molecule has 0 radical (unpaired) electrons. The Morgan fingerprint density at radius 3 is 2.32 bits per heavy atom. The van der Waals surface area contributed by atoms with E-state index in [1.807, 2.05) is 0 Å². The maximum Gasteiger partial charge on any atom is 0.0471 e. The topological polar surface area (TPSA) is 40.5 Å². The fraction of sp³-hybridized carbons (Fsp3) is 0.294. The van der Waals surface area contributed by atoms with Crippen LogP contribution in [0.3, 0.4) is 0 Å². The molecule has 0 spiro atoms. The number of rotatable bonds is 4. The summed E-state index contributed by atoms with van der Waals surface area (Å²) in [6.07, 6.45) is 2.34. The van der Waals surface area contributed by atoms with Crippen LogP contribution in [0.4, 0.5) is 0 Å². The van der Waals surface area contributed by atoms with Crippen molar-refractivity contribution in [2.75, 3.05) is 13.2 Å². The fourth-order valence-electron chi connectivity index (χ4n) is 3.07. The van der Waals surface area contributed by atoms with Crippen molar-refractivity contribution in [3.63, 3.8) is 0 Å². The molecule has 0 fully saturated rings. The van der Waals surface area contributed by atoms with Gasteiger partial charge in [-0.1, -0.05) is 36.4 Å². The van der Waals surface area contributed by atoms with Gasteiger partial charge in [0.1, 0.15) is 0 Å². The van der Waals surface area contributed by atoms with E-state index in [2.05, 4.69) is 36.4 Å². The van der Waals surface area contributed by atoms with Gasteiger partial charge >= 0.3 is 0 Å². The van der Waals surface area contributed by atoms with Crippen LogP contribution >= 0.6 is 0 Å². The third kappa shape index (κ3) is 2.07. The second-order valence-corrected chi connectivity index (χ2v) is 5.02. The molecular weight excluding hydrogens is 236 g/mol. The van der Waals surface area contributed by atoms with Crippen LogP contribution in [0, 0.1) is 0 Å². The first-order valence-electron chi connectivity index (χ1n) is 6.78. The van der Waals surface area contributed by atoms with Crippen molar-refractivity contribution in [3.8, 4) is 11.1 Å². The molecule has 0 aliphatic heterocycles. The van der Waals surface area contributed by atoms with E-state index in [9.17, 15) is 10.2 Å². The summed E-state index contributed by atoms with van der Waals surface area (Å²) in [5.74, 6) is 0. The molecule has 0 saturated heterocycles. The highest BCUT2D eigenvalue weighted by Gasteiger charge is 2.23. The third-order valence-electron chi connectivity index (χ3n) is 3.91. The summed E-state index contributed by atoms with van der Waals surface area (Å²) in [7, 11) is 0. The lowest BCUT2D eigenvalue weighted by molar-refractivity contribution is 0.298. The van der Waals surface area contributed by atoms with Gasteiger partial charge in [-0.3, -0.25) is 0 Å². The number of aliphatic hydroxyl groups excluding tert-OH is 2. The van der Waals surface area contributed by atoms with Crippen molar-refractivity contribution < 1.29 is 10.2 Å². The van der Waals surface area contributed by atoms with E-state index in [1.165, 1.54) is 33.4 Å². The number of hydrogen-bond donors (Lipinski definition) is 2. The molecule has 3 rings (SSSR count). The highest BCUT2D eigenvalue weighted by atomic mass is 16.3. The van der Waals surface area contributed by atoms with Gasteiger partial charge in [-0.2, -0.15) is 0 Å². The molecule has 19 heavy (non-hydrogen) atoms. The standard InChI is InChI=1S/C17H18O2/c18-9-7-12-5-6-13(8-10-19)17-15-4-2-1-3-14(15)11-16(12)17/h1-6,18-19H,7-11H2. The van der Waals surface area contributed by atoms with Gasteiger partial charge < -0.3 is 10.2 Å². The predicted octanol–water partition coefficient (Wildman–Crippen LogP) is 2.33. The molecule has 1 aliphatic rings. The summed E-state index contributed by atoms with van der Waals surface area (Å²) in [5, 5.41) is 18.4. The zero-order valence-corrected chi connectivity index (χ0v) is 10.9. The van der Waals surface area contributed by atoms with E-state index < -0.39 is 0 Å². The molecule has 1 aliphatic carbocycles. The molecule has 0 unspecified atom stereocenters. The first-order valence-corrected chi connectivity index (χ1v) is 6.78. The van der Waals surface area contributed by atoms with Gasteiger partial charge in [-0.25, -0.2) is 0 Å². The lowest BCUT2D eigenvalue weighted by Crippen LogP contribution is -2.01. The maximum atomic E-state index is 9.23. The lowest BCUT2D eigenvalue weighted by atomic mass is 9.93. The van der Waals surface area contributed by atoms with Crippen molar-refractivity contribution in [3.05, 3.63) is 58.7 Å².